The zero-order chi connectivity index (χ0) is 48.8. The lowest BCUT2D eigenvalue weighted by Crippen LogP contribution is -2.54. The number of imide groups is 2. The van der Waals surface area contributed by atoms with Gasteiger partial charge in [0.1, 0.15) is 23.4 Å². The maximum Gasteiger partial charge on any atom is 0.274 e. The fourth-order valence-corrected chi connectivity index (χ4v) is 14.0. The van der Waals surface area contributed by atoms with Gasteiger partial charge >= 0.3 is 0 Å². The summed E-state index contributed by atoms with van der Waals surface area (Å²) in [6.07, 6.45) is 12.7. The second-order valence-electron chi connectivity index (χ2n) is 20.4. The van der Waals surface area contributed by atoms with Gasteiger partial charge in [-0.15, -0.1) is 11.3 Å². The van der Waals surface area contributed by atoms with Gasteiger partial charge in [-0.25, -0.2) is 9.97 Å². The van der Waals surface area contributed by atoms with Gasteiger partial charge in [0.05, 0.1) is 34.5 Å². The quantitative estimate of drug-likeness (QED) is 0.167. The largest absolute Gasteiger partial charge is 0.392 e. The van der Waals surface area contributed by atoms with E-state index in [0.717, 1.165) is 98.8 Å². The summed E-state index contributed by atoms with van der Waals surface area (Å²) in [6.45, 7) is 7.06. The number of carbonyl (C=O) groups excluding carboxylic acids is 5. The zero-order valence-electron chi connectivity index (χ0n) is 39.9. The molecule has 71 heavy (non-hydrogen) atoms. The summed E-state index contributed by atoms with van der Waals surface area (Å²) in [4.78, 5) is 100. The number of hydrogen-bond acceptors (Lipinski definition) is 14. The zero-order valence-corrected chi connectivity index (χ0v) is 40.7. The Morgan fingerprint density at radius 2 is 1.59 bits per heavy atom. The number of aryl methyl sites for hydroxylation is 2. The molecule has 18 heteroatoms. The van der Waals surface area contributed by atoms with Gasteiger partial charge in [0, 0.05) is 98.9 Å². The standard InChI is InChI=1S/C53H56N10O7S/c1-29-19-34(60-26-31-24-59(25-32(31)27-60)33-7-9-39-40(21-33)51(68)63(50(39)67)43-10-12-46(65)57-49(43)66)14-17-61(29)35-8-11-45(55-22-35)56-42-20-30(23-58(2)52(42)69)36-13-16-54-48(41(36)28-64)62-18-15-38-37-5-3-4-6-44(37)71-47(38)53(62)70/h7-9,11,13,16,20-23,29,31-32,34,43,64H,3-6,10,12,14-15,17-19,24-28H2,1-2H3,(H,55,56)(H,57,65,66)/t29-,31?,32?,34?,43?/m0/s1. The van der Waals surface area contributed by atoms with Crippen molar-refractivity contribution in [3.63, 3.8) is 0 Å². The molecule has 1 aromatic carbocycles. The number of likely N-dealkylation sites (tertiary alicyclic amines) is 1. The first-order valence-electron chi connectivity index (χ1n) is 25.0. The Morgan fingerprint density at radius 1 is 0.803 bits per heavy atom. The minimum absolute atomic E-state index is 0.0658. The van der Waals surface area contributed by atoms with Crippen molar-refractivity contribution in [3.05, 3.63) is 109 Å². The lowest BCUT2D eigenvalue weighted by molar-refractivity contribution is -0.136. The van der Waals surface area contributed by atoms with E-state index in [-0.39, 0.29) is 37.0 Å². The number of aliphatic hydroxyl groups is 1. The molecule has 4 saturated heterocycles. The van der Waals surface area contributed by atoms with Gasteiger partial charge in [0.25, 0.3) is 23.3 Å². The van der Waals surface area contributed by atoms with E-state index in [1.54, 1.807) is 53.9 Å². The molecule has 1 aliphatic carbocycles. The highest BCUT2D eigenvalue weighted by atomic mass is 32.1. The lowest BCUT2D eigenvalue weighted by Gasteiger charge is -2.42. The summed E-state index contributed by atoms with van der Waals surface area (Å²) in [5.74, 6) is -0.0970. The van der Waals surface area contributed by atoms with E-state index in [1.165, 1.54) is 20.6 Å². The van der Waals surface area contributed by atoms with Crippen molar-refractivity contribution in [2.24, 2.45) is 18.9 Å². The van der Waals surface area contributed by atoms with Crippen molar-refractivity contribution >= 4 is 69.6 Å². The fraction of sp³-hybridized carbons (Fsp3) is 0.434. The molecule has 12 rings (SSSR count). The van der Waals surface area contributed by atoms with Gasteiger partial charge in [0.2, 0.25) is 11.8 Å². The highest BCUT2D eigenvalue weighted by Crippen LogP contribution is 2.42. The normalized spacial score (nSPS) is 24.3. The van der Waals surface area contributed by atoms with Crippen LogP contribution in [-0.2, 0) is 42.5 Å². The molecule has 5 atom stereocenters. The molecule has 4 fully saturated rings. The Morgan fingerprint density at radius 3 is 2.35 bits per heavy atom. The second-order valence-corrected chi connectivity index (χ2v) is 21.5. The number of thiophene rings is 1. The van der Waals surface area contributed by atoms with Crippen LogP contribution in [-0.4, -0.2) is 116 Å². The van der Waals surface area contributed by atoms with Crippen LogP contribution in [0.3, 0.4) is 0 Å². The number of aromatic nitrogens is 3. The summed E-state index contributed by atoms with van der Waals surface area (Å²) >= 11 is 1.62. The number of piperidine rings is 2. The average Bonchev–Trinajstić information content (AvgIpc) is 4.13. The van der Waals surface area contributed by atoms with Crippen LogP contribution < -0.4 is 30.9 Å². The third-order valence-corrected chi connectivity index (χ3v) is 17.6. The number of aliphatic hydroxyl groups excluding tert-OH is 1. The second kappa shape index (κ2) is 17.8. The molecule has 7 aliphatic rings. The Hall–Kier alpha value is -6.76. The number of anilines is 5. The van der Waals surface area contributed by atoms with Crippen LogP contribution in [0.2, 0.25) is 0 Å². The smallest absolute Gasteiger partial charge is 0.274 e. The van der Waals surface area contributed by atoms with Crippen molar-refractivity contribution in [1.29, 1.82) is 0 Å². The Labute approximate surface area is 414 Å². The maximum absolute atomic E-state index is 14.0. The molecular formula is C53H56N10O7S. The van der Waals surface area contributed by atoms with E-state index >= 15 is 0 Å². The summed E-state index contributed by atoms with van der Waals surface area (Å²) in [5, 5.41) is 16.3. The van der Waals surface area contributed by atoms with Crippen LogP contribution in [0.1, 0.15) is 97.4 Å². The molecule has 0 spiro atoms. The number of nitrogens with one attached hydrogen (secondary N) is 2. The minimum atomic E-state index is -0.984. The maximum atomic E-state index is 14.0. The van der Waals surface area contributed by atoms with Crippen LogP contribution in [0.15, 0.2) is 65.8 Å². The molecule has 5 aromatic rings. The summed E-state index contributed by atoms with van der Waals surface area (Å²) in [7, 11) is 1.70. The van der Waals surface area contributed by atoms with Gasteiger partial charge in [0.15, 0.2) is 0 Å². The highest BCUT2D eigenvalue weighted by Gasteiger charge is 2.47. The van der Waals surface area contributed by atoms with E-state index in [2.05, 4.69) is 37.2 Å². The van der Waals surface area contributed by atoms with Gasteiger partial charge in [-0.2, -0.15) is 0 Å². The molecule has 5 amide bonds. The topological polar surface area (TPSA) is 194 Å². The molecular weight excluding hydrogens is 921 g/mol. The number of nitrogens with zero attached hydrogens (tertiary/aromatic N) is 8. The third-order valence-electron chi connectivity index (χ3n) is 16.3. The summed E-state index contributed by atoms with van der Waals surface area (Å²) in [6, 6.07) is 12.7. The SMILES string of the molecule is C[C@H]1CC(N2CC3CN(c4ccc5c(c4)C(=O)N(C4CCC(=O)NC4=O)C5=O)CC3C2)CCN1c1ccc(Nc2cc(-c3ccnc(N4CCc5c(sc6c5CCCC6)C4=O)c3CO)cn(C)c2=O)nc1. The molecule has 0 saturated carbocycles. The van der Waals surface area contributed by atoms with Crippen molar-refractivity contribution < 1.29 is 29.1 Å². The van der Waals surface area contributed by atoms with Crippen molar-refractivity contribution in [1.82, 2.24) is 29.7 Å². The molecule has 0 radical (unpaired) electrons. The predicted octanol–water partition coefficient (Wildman–Crippen LogP) is 5.05. The van der Waals surface area contributed by atoms with Gasteiger partial charge in [-0.1, -0.05) is 0 Å². The first-order chi connectivity index (χ1) is 34.4. The molecule has 17 nitrogen and oxygen atoms in total. The number of fused-ring (bicyclic) bond motifs is 5. The van der Waals surface area contributed by atoms with E-state index in [4.69, 9.17) is 4.98 Å². The summed E-state index contributed by atoms with van der Waals surface area (Å²) in [5.41, 5.74) is 7.12. The van der Waals surface area contributed by atoms with Crippen LogP contribution in [0.25, 0.3) is 11.1 Å². The number of rotatable bonds is 9. The average molecular weight is 977 g/mol. The molecule has 3 N–H and O–H groups in total. The van der Waals surface area contributed by atoms with E-state index in [0.29, 0.717) is 69.6 Å². The number of benzene rings is 1. The molecule has 0 bridgehead atoms. The van der Waals surface area contributed by atoms with Crippen LogP contribution in [0.4, 0.5) is 28.7 Å². The van der Waals surface area contributed by atoms with Crippen LogP contribution in [0.5, 0.6) is 0 Å². The van der Waals surface area contributed by atoms with Crippen molar-refractivity contribution in [2.45, 2.75) is 89.4 Å². The number of hydrogen-bond donors (Lipinski definition) is 3. The van der Waals surface area contributed by atoms with Gasteiger partial charge in [-0.05, 0) is 129 Å². The fourth-order valence-electron chi connectivity index (χ4n) is 12.6. The van der Waals surface area contributed by atoms with E-state index in [9.17, 15) is 33.9 Å². The van der Waals surface area contributed by atoms with Crippen LogP contribution >= 0.6 is 11.3 Å². The first-order valence-corrected chi connectivity index (χ1v) is 25.8. The van der Waals surface area contributed by atoms with E-state index < -0.39 is 29.7 Å². The molecule has 10 heterocycles. The van der Waals surface area contributed by atoms with E-state index in [1.807, 2.05) is 30.5 Å². The predicted molar refractivity (Wildman–Crippen MR) is 268 cm³/mol. The summed E-state index contributed by atoms with van der Waals surface area (Å²) < 4.78 is 1.51. The molecule has 4 aromatic heterocycles. The molecule has 366 valence electrons. The Balaban J connectivity index is 0.673. The lowest BCUT2D eigenvalue weighted by atomic mass is 9.92. The van der Waals surface area contributed by atoms with Gasteiger partial charge < -0.3 is 24.8 Å². The van der Waals surface area contributed by atoms with Gasteiger partial charge in [-0.3, -0.25) is 48.8 Å². The number of amides is 5. The third kappa shape index (κ3) is 7.81. The Kier molecular flexibility index (Phi) is 11.4. The first kappa shape index (κ1) is 45.4. The monoisotopic (exact) mass is 976 g/mol. The number of pyridine rings is 3. The number of carbonyl (C=O) groups is 5. The van der Waals surface area contributed by atoms with Crippen LogP contribution in [0, 0.1) is 11.8 Å². The minimum Gasteiger partial charge on any atom is -0.392 e. The Bertz CT molecular complexity index is 3100. The van der Waals surface area contributed by atoms with Crippen molar-refractivity contribution in [3.8, 4) is 11.1 Å². The highest BCUT2D eigenvalue weighted by molar-refractivity contribution is 7.14. The van der Waals surface area contributed by atoms with Crippen molar-refractivity contribution in [2.75, 3.05) is 59.3 Å². The molecule has 4 unspecified atom stereocenters. The molecule has 6 aliphatic heterocycles.